The van der Waals surface area contributed by atoms with E-state index in [0.717, 1.165) is 0 Å². The van der Waals surface area contributed by atoms with Gasteiger partial charge in [0, 0.05) is 6.04 Å². The molecule has 1 unspecified atom stereocenters. The van der Waals surface area contributed by atoms with Gasteiger partial charge in [0.15, 0.2) is 0 Å². The van der Waals surface area contributed by atoms with Crippen LogP contribution in [0.1, 0.15) is 41.1 Å². The smallest absolute Gasteiger partial charge is 0.313 e. The van der Waals surface area contributed by atoms with Crippen LogP contribution in [0.3, 0.4) is 0 Å². The Kier molecular flexibility index (Phi) is 4.58. The average Bonchev–Trinajstić information content (AvgIpc) is 3.20. The van der Waals surface area contributed by atoms with Crippen LogP contribution in [0.2, 0.25) is 0 Å². The Bertz CT molecular complexity index is 573. The lowest BCUT2D eigenvalue weighted by atomic mass is 9.89. The van der Waals surface area contributed by atoms with Gasteiger partial charge in [-0.2, -0.15) is 39.5 Å². The van der Waals surface area contributed by atoms with Crippen molar-refractivity contribution in [2.45, 2.75) is 37.4 Å². The minimum absolute atomic E-state index is 0.253. The van der Waals surface area contributed by atoms with Crippen molar-refractivity contribution < 1.29 is 39.5 Å². The van der Waals surface area contributed by atoms with E-state index in [4.69, 9.17) is 0 Å². The number of benzene rings is 1. The summed E-state index contributed by atoms with van der Waals surface area (Å²) < 4.78 is 117. The summed E-state index contributed by atoms with van der Waals surface area (Å²) in [7, 11) is 1.18. The maximum atomic E-state index is 13.2. The Morgan fingerprint density at radius 1 is 0.833 bits per heavy atom. The highest BCUT2D eigenvalue weighted by Crippen LogP contribution is 2.50. The van der Waals surface area contributed by atoms with Crippen LogP contribution in [0, 0.1) is 5.92 Å². The van der Waals surface area contributed by atoms with Gasteiger partial charge in [-0.3, -0.25) is 0 Å². The summed E-state index contributed by atoms with van der Waals surface area (Å²) in [4.78, 5) is 0. The first-order valence-corrected chi connectivity index (χ1v) is 6.83. The molecule has 1 saturated carbocycles. The fourth-order valence-corrected chi connectivity index (χ4v) is 2.67. The zero-order valence-corrected chi connectivity index (χ0v) is 12.1. The Morgan fingerprint density at radius 3 is 1.50 bits per heavy atom. The van der Waals surface area contributed by atoms with E-state index >= 15 is 0 Å². The SMILES string of the molecule is CNC(c1c(C(F)(F)F)cc(C(F)(F)F)cc1C(F)(F)F)C1CC1. The molecule has 1 nitrogen and oxygen atoms in total. The van der Waals surface area contributed by atoms with E-state index in [1.165, 1.54) is 7.05 Å². The number of nitrogens with one attached hydrogen (secondary N) is 1. The summed E-state index contributed by atoms with van der Waals surface area (Å²) in [6, 6.07) is -1.82. The molecule has 0 heterocycles. The van der Waals surface area contributed by atoms with Gasteiger partial charge in [-0.25, -0.2) is 0 Å². The van der Waals surface area contributed by atoms with E-state index < -0.39 is 52.7 Å². The van der Waals surface area contributed by atoms with Crippen molar-refractivity contribution in [3.63, 3.8) is 0 Å². The van der Waals surface area contributed by atoms with E-state index in [-0.39, 0.29) is 12.1 Å². The number of hydrogen-bond donors (Lipinski definition) is 1. The van der Waals surface area contributed by atoms with Gasteiger partial charge in [-0.1, -0.05) is 0 Å². The molecule has 0 aliphatic heterocycles. The van der Waals surface area contributed by atoms with Crippen molar-refractivity contribution in [1.29, 1.82) is 0 Å². The average molecular weight is 365 g/mol. The van der Waals surface area contributed by atoms with Crippen LogP contribution in [0.15, 0.2) is 12.1 Å². The van der Waals surface area contributed by atoms with E-state index in [1.54, 1.807) is 0 Å². The Morgan fingerprint density at radius 2 is 1.25 bits per heavy atom. The van der Waals surface area contributed by atoms with E-state index in [0.29, 0.717) is 12.8 Å². The Hall–Kier alpha value is -1.45. The zero-order valence-electron chi connectivity index (χ0n) is 12.1. The van der Waals surface area contributed by atoms with E-state index in [9.17, 15) is 39.5 Å². The van der Waals surface area contributed by atoms with Crippen LogP contribution in [0.25, 0.3) is 0 Å². The van der Waals surface area contributed by atoms with Crippen molar-refractivity contribution in [2.24, 2.45) is 5.92 Å². The molecule has 1 fully saturated rings. The monoisotopic (exact) mass is 365 g/mol. The highest BCUT2D eigenvalue weighted by Gasteiger charge is 2.48. The summed E-state index contributed by atoms with van der Waals surface area (Å²) in [6.45, 7) is 0. The molecule has 1 aromatic carbocycles. The molecule has 0 spiro atoms. The van der Waals surface area contributed by atoms with Gasteiger partial charge in [0.25, 0.3) is 0 Å². The second-order valence-electron chi connectivity index (χ2n) is 5.58. The number of rotatable bonds is 3. The van der Waals surface area contributed by atoms with E-state index in [2.05, 4.69) is 5.32 Å². The normalized spacial score (nSPS) is 17.9. The molecule has 0 amide bonds. The molecule has 1 atom stereocenters. The highest BCUT2D eigenvalue weighted by molar-refractivity contribution is 5.46. The summed E-state index contributed by atoms with van der Waals surface area (Å²) in [6.07, 6.45) is -15.2. The van der Waals surface area contributed by atoms with Gasteiger partial charge in [-0.05, 0) is 43.5 Å². The molecular weight excluding hydrogens is 353 g/mol. The molecule has 0 aromatic heterocycles. The molecule has 10 heteroatoms. The van der Waals surface area contributed by atoms with Gasteiger partial charge in [0.05, 0.1) is 16.7 Å². The third-order valence-corrected chi connectivity index (χ3v) is 3.83. The maximum absolute atomic E-state index is 13.2. The zero-order chi connectivity index (χ0) is 18.5. The predicted octanol–water partition coefficient (Wildman–Crippen LogP) is 5.41. The van der Waals surface area contributed by atoms with Gasteiger partial charge in [-0.15, -0.1) is 0 Å². The molecule has 1 aliphatic rings. The van der Waals surface area contributed by atoms with Gasteiger partial charge < -0.3 is 5.32 Å². The molecule has 1 aromatic rings. The van der Waals surface area contributed by atoms with Crippen molar-refractivity contribution in [2.75, 3.05) is 7.05 Å². The predicted molar refractivity (Wildman–Crippen MR) is 66.0 cm³/mol. The third kappa shape index (κ3) is 3.79. The number of alkyl halides is 9. The highest BCUT2D eigenvalue weighted by atomic mass is 19.4. The quantitative estimate of drug-likeness (QED) is 0.706. The van der Waals surface area contributed by atoms with Gasteiger partial charge >= 0.3 is 18.5 Å². The fraction of sp³-hybridized carbons (Fsp3) is 0.571. The molecule has 0 radical (unpaired) electrons. The van der Waals surface area contributed by atoms with Crippen molar-refractivity contribution in [1.82, 2.24) is 5.32 Å². The topological polar surface area (TPSA) is 12.0 Å². The molecular formula is C14H12F9N. The van der Waals surface area contributed by atoms with Crippen molar-refractivity contribution >= 4 is 0 Å². The summed E-state index contributed by atoms with van der Waals surface area (Å²) >= 11 is 0. The second-order valence-corrected chi connectivity index (χ2v) is 5.58. The van der Waals surface area contributed by atoms with Crippen LogP contribution in [0.4, 0.5) is 39.5 Å². The second kappa shape index (κ2) is 5.82. The number of hydrogen-bond acceptors (Lipinski definition) is 1. The summed E-state index contributed by atoms with van der Waals surface area (Å²) in [5.74, 6) is -0.478. The van der Waals surface area contributed by atoms with Crippen molar-refractivity contribution in [3.8, 4) is 0 Å². The van der Waals surface area contributed by atoms with Crippen LogP contribution >= 0.6 is 0 Å². The molecule has 136 valence electrons. The molecule has 24 heavy (non-hydrogen) atoms. The molecule has 1 aliphatic carbocycles. The lowest BCUT2D eigenvalue weighted by molar-refractivity contribution is -0.149. The Balaban J connectivity index is 2.82. The van der Waals surface area contributed by atoms with Crippen LogP contribution in [-0.2, 0) is 18.5 Å². The molecule has 0 saturated heterocycles. The van der Waals surface area contributed by atoms with Crippen LogP contribution in [-0.4, -0.2) is 7.05 Å². The standard InChI is InChI=1S/C14H12F9N/c1-24-11(6-2-3-6)10-8(13(18,19)20)4-7(12(15,16)17)5-9(10)14(21,22)23/h4-6,11,24H,2-3H2,1H3. The maximum Gasteiger partial charge on any atom is 0.416 e. The minimum Gasteiger partial charge on any atom is -0.313 e. The summed E-state index contributed by atoms with van der Waals surface area (Å²) in [5.41, 5.74) is -6.96. The van der Waals surface area contributed by atoms with Crippen molar-refractivity contribution in [3.05, 3.63) is 34.4 Å². The lowest BCUT2D eigenvalue weighted by Gasteiger charge is -2.26. The lowest BCUT2D eigenvalue weighted by Crippen LogP contribution is -2.28. The van der Waals surface area contributed by atoms with Gasteiger partial charge in [0.1, 0.15) is 0 Å². The first-order chi connectivity index (χ1) is 10.8. The largest absolute Gasteiger partial charge is 0.416 e. The van der Waals surface area contributed by atoms with E-state index in [1.807, 2.05) is 0 Å². The van der Waals surface area contributed by atoms with Crippen LogP contribution < -0.4 is 5.32 Å². The minimum atomic E-state index is -5.35. The molecule has 0 bridgehead atoms. The third-order valence-electron chi connectivity index (χ3n) is 3.83. The van der Waals surface area contributed by atoms with Gasteiger partial charge in [0.2, 0.25) is 0 Å². The Labute approximate surface area is 130 Å². The van der Waals surface area contributed by atoms with Crippen LogP contribution in [0.5, 0.6) is 0 Å². The molecule has 2 rings (SSSR count). The fourth-order valence-electron chi connectivity index (χ4n) is 2.67. The first-order valence-electron chi connectivity index (χ1n) is 6.83. The summed E-state index contributed by atoms with van der Waals surface area (Å²) in [5, 5.41) is 2.38. The number of halogens is 9. The first kappa shape index (κ1) is 18.9. The molecule has 1 N–H and O–H groups in total.